The monoisotopic (exact) mass is 516 g/mol. The van der Waals surface area contributed by atoms with Crippen LogP contribution in [-0.4, -0.2) is 70.2 Å². The quantitative estimate of drug-likeness (QED) is 0.468. The molecule has 0 spiro atoms. The van der Waals surface area contributed by atoms with Crippen LogP contribution in [0.4, 0.5) is 0 Å². The van der Waals surface area contributed by atoms with Gasteiger partial charge in [0.25, 0.3) is 5.56 Å². The van der Waals surface area contributed by atoms with Gasteiger partial charge in [-0.25, -0.2) is 17.7 Å². The summed E-state index contributed by atoms with van der Waals surface area (Å²) in [6, 6.07) is 8.30. The zero-order valence-corrected chi connectivity index (χ0v) is 21.9. The van der Waals surface area contributed by atoms with Crippen LogP contribution in [0.5, 0.6) is 11.5 Å². The molecule has 10 nitrogen and oxygen atoms in total. The molecule has 2 aromatic carbocycles. The highest BCUT2D eigenvalue weighted by molar-refractivity contribution is 7.89. The number of nitrogens with zero attached hydrogens (tertiary/aromatic N) is 2. The summed E-state index contributed by atoms with van der Waals surface area (Å²) in [5.74, 6) is 1.12. The second kappa shape index (κ2) is 10.6. The van der Waals surface area contributed by atoms with Crippen molar-refractivity contribution < 1.29 is 22.6 Å². The number of hydrogen-bond donors (Lipinski definition) is 2. The summed E-state index contributed by atoms with van der Waals surface area (Å²) >= 11 is 0. The molecule has 0 bridgehead atoms. The fraction of sp³-hybridized carbons (Fsp3) is 0.440. The predicted molar refractivity (Wildman–Crippen MR) is 136 cm³/mol. The highest BCUT2D eigenvalue weighted by Crippen LogP contribution is 2.37. The van der Waals surface area contributed by atoms with Crippen LogP contribution in [0.15, 0.2) is 40.0 Å². The van der Waals surface area contributed by atoms with E-state index in [4.69, 9.17) is 19.2 Å². The summed E-state index contributed by atoms with van der Waals surface area (Å²) < 4.78 is 45.0. The Bertz CT molecular complexity index is 1410. The molecule has 1 unspecified atom stereocenters. The third kappa shape index (κ3) is 4.83. The fourth-order valence-electron chi connectivity index (χ4n) is 4.53. The minimum absolute atomic E-state index is 0.0974. The van der Waals surface area contributed by atoms with Crippen molar-refractivity contribution in [1.82, 2.24) is 19.6 Å². The van der Waals surface area contributed by atoms with Gasteiger partial charge in [-0.05, 0) is 38.9 Å². The van der Waals surface area contributed by atoms with Gasteiger partial charge < -0.3 is 24.5 Å². The molecular formula is C25H32N4O6S. The van der Waals surface area contributed by atoms with Crippen LogP contribution >= 0.6 is 0 Å². The van der Waals surface area contributed by atoms with Crippen LogP contribution in [0.25, 0.3) is 10.9 Å². The standard InChI is InChI=1S/C25H32N4O6S/c1-15-21-18(14-19(33-4)22(15)34-5)27-24(28-25(21)30)23(35-16-10-12-26-13-11-16)17-8-6-7-9-20(17)36(31,32)29(2)3/h6-9,14,16,23,26H,10-13H2,1-5H3,(H,27,28,30). The topological polar surface area (TPSA) is 123 Å². The van der Waals surface area contributed by atoms with Gasteiger partial charge in [-0.2, -0.15) is 0 Å². The molecule has 2 N–H and O–H groups in total. The highest BCUT2D eigenvalue weighted by atomic mass is 32.2. The summed E-state index contributed by atoms with van der Waals surface area (Å²) in [5.41, 5.74) is 1.03. The van der Waals surface area contributed by atoms with Crippen molar-refractivity contribution in [2.45, 2.75) is 36.9 Å². The minimum atomic E-state index is -3.80. The number of aromatic amines is 1. The van der Waals surface area contributed by atoms with E-state index in [9.17, 15) is 13.2 Å². The van der Waals surface area contributed by atoms with Crippen molar-refractivity contribution in [2.75, 3.05) is 41.4 Å². The Kier molecular flexibility index (Phi) is 7.65. The van der Waals surface area contributed by atoms with Gasteiger partial charge in [0, 0.05) is 31.3 Å². The first kappa shape index (κ1) is 26.1. The fourth-order valence-corrected chi connectivity index (χ4v) is 5.65. The van der Waals surface area contributed by atoms with Crippen LogP contribution in [-0.2, 0) is 14.8 Å². The predicted octanol–water partition coefficient (Wildman–Crippen LogP) is 2.36. The number of H-pyrrole nitrogens is 1. The van der Waals surface area contributed by atoms with Gasteiger partial charge in [0.05, 0.1) is 36.1 Å². The summed E-state index contributed by atoms with van der Waals surface area (Å²) in [4.78, 5) is 21.0. The van der Waals surface area contributed by atoms with Gasteiger partial charge in [0.1, 0.15) is 11.9 Å². The van der Waals surface area contributed by atoms with Crippen molar-refractivity contribution in [2.24, 2.45) is 0 Å². The zero-order chi connectivity index (χ0) is 26.0. The minimum Gasteiger partial charge on any atom is -0.493 e. The van der Waals surface area contributed by atoms with Crippen molar-refractivity contribution in [3.63, 3.8) is 0 Å². The number of piperidine rings is 1. The number of nitrogens with one attached hydrogen (secondary N) is 2. The first-order valence-corrected chi connectivity index (χ1v) is 13.2. The Morgan fingerprint density at radius 2 is 1.81 bits per heavy atom. The first-order chi connectivity index (χ1) is 17.2. The number of sulfonamides is 1. The molecule has 0 amide bonds. The van der Waals surface area contributed by atoms with E-state index in [2.05, 4.69) is 10.3 Å². The lowest BCUT2D eigenvalue weighted by molar-refractivity contribution is -0.0131. The van der Waals surface area contributed by atoms with Gasteiger partial charge in [-0.3, -0.25) is 4.79 Å². The summed E-state index contributed by atoms with van der Waals surface area (Å²) in [5, 5.41) is 3.67. The van der Waals surface area contributed by atoms with Crippen LogP contribution < -0.4 is 20.3 Å². The van der Waals surface area contributed by atoms with E-state index in [1.807, 2.05) is 0 Å². The Hall–Kier alpha value is -2.99. The number of methoxy groups -OCH3 is 2. The van der Waals surface area contributed by atoms with Crippen molar-refractivity contribution in [1.29, 1.82) is 0 Å². The molecule has 1 aliphatic heterocycles. The average molecular weight is 517 g/mol. The molecule has 0 saturated carbocycles. The maximum Gasteiger partial charge on any atom is 0.259 e. The van der Waals surface area contributed by atoms with Crippen molar-refractivity contribution in [3.05, 3.63) is 57.6 Å². The van der Waals surface area contributed by atoms with Gasteiger partial charge in [-0.1, -0.05) is 18.2 Å². The smallest absolute Gasteiger partial charge is 0.259 e. The number of aryl methyl sites for hydroxylation is 1. The van der Waals surface area contributed by atoms with Gasteiger partial charge in [0.2, 0.25) is 10.0 Å². The molecular weight excluding hydrogens is 484 g/mol. The van der Waals surface area contributed by atoms with E-state index in [1.165, 1.54) is 28.3 Å². The molecule has 1 saturated heterocycles. The molecule has 2 heterocycles. The Morgan fingerprint density at radius 1 is 1.11 bits per heavy atom. The number of rotatable bonds is 8. The van der Waals surface area contributed by atoms with Crippen LogP contribution in [0.1, 0.15) is 35.9 Å². The molecule has 0 aliphatic carbocycles. The van der Waals surface area contributed by atoms with E-state index >= 15 is 0 Å². The van der Waals surface area contributed by atoms with Crippen LogP contribution in [0.3, 0.4) is 0 Å². The molecule has 1 atom stereocenters. The number of hydrogen-bond acceptors (Lipinski definition) is 8. The lowest BCUT2D eigenvalue weighted by Gasteiger charge is -2.29. The maximum atomic E-state index is 13.3. The lowest BCUT2D eigenvalue weighted by atomic mass is 10.0. The Morgan fingerprint density at radius 3 is 2.44 bits per heavy atom. The molecule has 1 aliphatic rings. The van der Waals surface area contributed by atoms with E-state index < -0.39 is 16.1 Å². The van der Waals surface area contributed by atoms with Gasteiger partial charge >= 0.3 is 0 Å². The van der Waals surface area contributed by atoms with Crippen LogP contribution in [0, 0.1) is 6.92 Å². The maximum absolute atomic E-state index is 13.3. The molecule has 1 aromatic heterocycles. The molecule has 36 heavy (non-hydrogen) atoms. The number of benzene rings is 2. The van der Waals surface area contributed by atoms with E-state index in [0.29, 0.717) is 33.5 Å². The van der Waals surface area contributed by atoms with Gasteiger partial charge in [-0.15, -0.1) is 0 Å². The number of fused-ring (bicyclic) bond motifs is 1. The number of aromatic nitrogens is 2. The normalized spacial score (nSPS) is 15.8. The molecule has 4 rings (SSSR count). The van der Waals surface area contributed by atoms with Crippen molar-refractivity contribution >= 4 is 20.9 Å². The van der Waals surface area contributed by atoms with Crippen molar-refractivity contribution in [3.8, 4) is 11.5 Å². The van der Waals surface area contributed by atoms with Gasteiger partial charge in [0.15, 0.2) is 11.5 Å². The molecule has 0 radical (unpaired) electrons. The highest BCUT2D eigenvalue weighted by Gasteiger charge is 2.31. The third-order valence-corrected chi connectivity index (χ3v) is 8.31. The summed E-state index contributed by atoms with van der Waals surface area (Å²) in [7, 11) is 2.19. The lowest BCUT2D eigenvalue weighted by Crippen LogP contribution is -2.34. The zero-order valence-electron chi connectivity index (χ0n) is 21.1. The average Bonchev–Trinajstić information content (AvgIpc) is 2.87. The second-order valence-electron chi connectivity index (χ2n) is 8.87. The SMILES string of the molecule is COc1cc2nc(C(OC3CCNCC3)c3ccccc3S(=O)(=O)N(C)C)[nH]c(=O)c2c(C)c1OC. The third-order valence-electron chi connectivity index (χ3n) is 6.42. The Balaban J connectivity index is 1.94. The molecule has 3 aromatic rings. The van der Waals surface area contributed by atoms with E-state index in [1.54, 1.807) is 37.3 Å². The molecule has 194 valence electrons. The van der Waals surface area contributed by atoms with E-state index in [0.717, 1.165) is 30.2 Å². The molecule has 1 fully saturated rings. The summed E-state index contributed by atoms with van der Waals surface area (Å²) in [6.07, 6.45) is 0.450. The first-order valence-electron chi connectivity index (χ1n) is 11.7. The van der Waals surface area contributed by atoms with Crippen LogP contribution in [0.2, 0.25) is 0 Å². The second-order valence-corrected chi connectivity index (χ2v) is 11.0. The molecule has 11 heteroatoms. The summed E-state index contributed by atoms with van der Waals surface area (Å²) in [6.45, 7) is 3.34. The Labute approximate surface area is 210 Å². The largest absolute Gasteiger partial charge is 0.493 e. The van der Waals surface area contributed by atoms with E-state index in [-0.39, 0.29) is 22.4 Å². The number of ether oxygens (including phenoxy) is 3.